The Morgan fingerprint density at radius 3 is 2.58 bits per heavy atom. The highest BCUT2D eigenvalue weighted by Crippen LogP contribution is 2.15. The molecular formula is C13H25N5O. The number of aliphatic hydroxyl groups is 1. The lowest BCUT2D eigenvalue weighted by atomic mass is 10.0. The third-order valence-electron chi connectivity index (χ3n) is 3.04. The molecule has 0 spiro atoms. The van der Waals surface area contributed by atoms with E-state index in [1.54, 1.807) is 6.07 Å². The molecule has 0 bridgehead atoms. The number of hydrogen-bond acceptors (Lipinski definition) is 6. The molecule has 0 aromatic carbocycles. The number of aliphatic hydroxyl groups excluding tert-OH is 1. The SMILES string of the molecule is CCCC(CCO)CNc1cc(NN)nc(CC)n1. The lowest BCUT2D eigenvalue weighted by Gasteiger charge is -2.16. The summed E-state index contributed by atoms with van der Waals surface area (Å²) >= 11 is 0. The number of nitrogens with two attached hydrogens (primary N) is 1. The molecule has 0 radical (unpaired) electrons. The largest absolute Gasteiger partial charge is 0.396 e. The van der Waals surface area contributed by atoms with Gasteiger partial charge in [0.1, 0.15) is 17.5 Å². The molecule has 6 nitrogen and oxygen atoms in total. The first-order chi connectivity index (χ1) is 9.23. The summed E-state index contributed by atoms with van der Waals surface area (Å²) in [6.45, 7) is 5.19. The number of nitrogens with zero attached hydrogens (tertiary/aromatic N) is 2. The van der Waals surface area contributed by atoms with Crippen molar-refractivity contribution < 1.29 is 5.11 Å². The zero-order valence-corrected chi connectivity index (χ0v) is 11.8. The van der Waals surface area contributed by atoms with Crippen LogP contribution in [0.15, 0.2) is 6.07 Å². The Bertz CT molecular complexity index is 344. The van der Waals surface area contributed by atoms with Crippen molar-refractivity contribution in [3.63, 3.8) is 0 Å². The summed E-state index contributed by atoms with van der Waals surface area (Å²) in [6, 6.07) is 1.79. The van der Waals surface area contributed by atoms with Gasteiger partial charge in [0.2, 0.25) is 0 Å². The van der Waals surface area contributed by atoms with Crippen molar-refractivity contribution in [3.05, 3.63) is 11.9 Å². The van der Waals surface area contributed by atoms with Gasteiger partial charge in [-0.3, -0.25) is 0 Å². The number of anilines is 2. The maximum absolute atomic E-state index is 9.04. The van der Waals surface area contributed by atoms with Crippen LogP contribution in [0.1, 0.15) is 38.9 Å². The van der Waals surface area contributed by atoms with Crippen LogP contribution in [-0.2, 0) is 6.42 Å². The van der Waals surface area contributed by atoms with E-state index in [-0.39, 0.29) is 6.61 Å². The van der Waals surface area contributed by atoms with Crippen molar-refractivity contribution in [1.82, 2.24) is 9.97 Å². The van der Waals surface area contributed by atoms with Crippen LogP contribution in [-0.4, -0.2) is 28.2 Å². The first-order valence-electron chi connectivity index (χ1n) is 6.92. The maximum Gasteiger partial charge on any atom is 0.145 e. The van der Waals surface area contributed by atoms with E-state index in [2.05, 4.69) is 27.6 Å². The van der Waals surface area contributed by atoms with Crippen LogP contribution in [0.25, 0.3) is 0 Å². The summed E-state index contributed by atoms with van der Waals surface area (Å²) in [6.07, 6.45) is 3.79. The zero-order chi connectivity index (χ0) is 14.1. The highest BCUT2D eigenvalue weighted by atomic mass is 16.3. The van der Waals surface area contributed by atoms with Gasteiger partial charge in [0.05, 0.1) is 0 Å². The minimum absolute atomic E-state index is 0.228. The van der Waals surface area contributed by atoms with Crippen LogP contribution in [0.4, 0.5) is 11.6 Å². The molecular weight excluding hydrogens is 242 g/mol. The van der Waals surface area contributed by atoms with Gasteiger partial charge in [0, 0.05) is 25.6 Å². The molecule has 0 amide bonds. The fourth-order valence-corrected chi connectivity index (χ4v) is 2.01. The molecule has 1 heterocycles. The Morgan fingerprint density at radius 1 is 1.26 bits per heavy atom. The Labute approximate surface area is 114 Å². The average Bonchev–Trinajstić information content (AvgIpc) is 2.44. The molecule has 0 aliphatic carbocycles. The van der Waals surface area contributed by atoms with E-state index in [1.807, 2.05) is 6.92 Å². The number of hydrogen-bond donors (Lipinski definition) is 4. The summed E-state index contributed by atoms with van der Waals surface area (Å²) in [5, 5.41) is 12.4. The normalized spacial score (nSPS) is 12.2. The van der Waals surface area contributed by atoms with Crippen LogP contribution in [0.5, 0.6) is 0 Å². The molecule has 1 unspecified atom stereocenters. The van der Waals surface area contributed by atoms with Gasteiger partial charge >= 0.3 is 0 Å². The molecule has 19 heavy (non-hydrogen) atoms. The summed E-state index contributed by atoms with van der Waals surface area (Å²) in [4.78, 5) is 8.65. The molecule has 6 heteroatoms. The predicted octanol–water partition coefficient (Wildman–Crippen LogP) is 1.54. The molecule has 0 saturated carbocycles. The molecule has 1 atom stereocenters. The van der Waals surface area contributed by atoms with Gasteiger partial charge in [-0.15, -0.1) is 0 Å². The first kappa shape index (κ1) is 15.7. The van der Waals surface area contributed by atoms with Crippen LogP contribution in [0, 0.1) is 5.92 Å². The van der Waals surface area contributed by atoms with Gasteiger partial charge < -0.3 is 15.8 Å². The Balaban J connectivity index is 2.64. The summed E-state index contributed by atoms with van der Waals surface area (Å²) in [7, 11) is 0. The third kappa shape index (κ3) is 5.40. The lowest BCUT2D eigenvalue weighted by Crippen LogP contribution is -2.18. The van der Waals surface area contributed by atoms with E-state index in [0.717, 1.165) is 43.9 Å². The summed E-state index contributed by atoms with van der Waals surface area (Å²) in [5.41, 5.74) is 2.55. The standard InChI is InChI=1S/C13H25N5O/c1-3-5-10(6-7-19)9-15-12-8-13(18-14)17-11(4-2)16-12/h8,10,19H,3-7,9,14H2,1-2H3,(H2,15,16,17,18). The molecule has 0 aliphatic rings. The van der Waals surface area contributed by atoms with E-state index < -0.39 is 0 Å². The highest BCUT2D eigenvalue weighted by Gasteiger charge is 2.08. The Hall–Kier alpha value is -1.40. The van der Waals surface area contributed by atoms with E-state index in [1.165, 1.54) is 0 Å². The van der Waals surface area contributed by atoms with Crippen molar-refractivity contribution in [1.29, 1.82) is 0 Å². The number of aryl methyl sites for hydroxylation is 1. The van der Waals surface area contributed by atoms with Crippen LogP contribution < -0.4 is 16.6 Å². The fraction of sp³-hybridized carbons (Fsp3) is 0.692. The molecule has 1 aromatic rings. The summed E-state index contributed by atoms with van der Waals surface area (Å²) in [5.74, 6) is 8.00. The van der Waals surface area contributed by atoms with Crippen LogP contribution in [0.3, 0.4) is 0 Å². The smallest absolute Gasteiger partial charge is 0.145 e. The zero-order valence-electron chi connectivity index (χ0n) is 11.8. The lowest BCUT2D eigenvalue weighted by molar-refractivity contribution is 0.255. The van der Waals surface area contributed by atoms with Gasteiger partial charge in [-0.25, -0.2) is 15.8 Å². The quantitative estimate of drug-likeness (QED) is 0.400. The van der Waals surface area contributed by atoms with Crippen LogP contribution in [0.2, 0.25) is 0 Å². The predicted molar refractivity (Wildman–Crippen MR) is 77.8 cm³/mol. The number of nitrogens with one attached hydrogen (secondary N) is 2. The maximum atomic E-state index is 9.04. The monoisotopic (exact) mass is 267 g/mol. The second-order valence-electron chi connectivity index (χ2n) is 4.60. The second-order valence-corrected chi connectivity index (χ2v) is 4.60. The fourth-order valence-electron chi connectivity index (χ4n) is 2.01. The number of rotatable bonds is 9. The topological polar surface area (TPSA) is 96.1 Å². The number of nitrogen functional groups attached to an aromatic ring is 1. The first-order valence-corrected chi connectivity index (χ1v) is 6.92. The van der Waals surface area contributed by atoms with Crippen molar-refractivity contribution in [2.45, 2.75) is 39.5 Å². The van der Waals surface area contributed by atoms with Gasteiger partial charge in [0.15, 0.2) is 0 Å². The highest BCUT2D eigenvalue weighted by molar-refractivity contribution is 5.46. The Kier molecular flexibility index (Phi) is 7.14. The number of aromatic nitrogens is 2. The minimum Gasteiger partial charge on any atom is -0.396 e. The average molecular weight is 267 g/mol. The second kappa shape index (κ2) is 8.66. The third-order valence-corrected chi connectivity index (χ3v) is 3.04. The van der Waals surface area contributed by atoms with Crippen molar-refractivity contribution in [2.75, 3.05) is 23.9 Å². The molecule has 0 saturated heterocycles. The van der Waals surface area contributed by atoms with Gasteiger partial charge in [0.25, 0.3) is 0 Å². The van der Waals surface area contributed by atoms with Gasteiger partial charge in [-0.05, 0) is 18.8 Å². The molecule has 5 N–H and O–H groups in total. The van der Waals surface area contributed by atoms with Gasteiger partial charge in [-0.2, -0.15) is 0 Å². The summed E-state index contributed by atoms with van der Waals surface area (Å²) < 4.78 is 0. The molecule has 108 valence electrons. The molecule has 0 fully saturated rings. The molecule has 1 aromatic heterocycles. The van der Waals surface area contributed by atoms with Crippen molar-refractivity contribution in [2.24, 2.45) is 11.8 Å². The number of hydrazine groups is 1. The Morgan fingerprint density at radius 2 is 2.00 bits per heavy atom. The van der Waals surface area contributed by atoms with Gasteiger partial charge in [-0.1, -0.05) is 20.3 Å². The van der Waals surface area contributed by atoms with Crippen molar-refractivity contribution in [3.8, 4) is 0 Å². The van der Waals surface area contributed by atoms with E-state index >= 15 is 0 Å². The van der Waals surface area contributed by atoms with Crippen molar-refractivity contribution >= 4 is 11.6 Å². The van der Waals surface area contributed by atoms with E-state index in [0.29, 0.717) is 11.7 Å². The van der Waals surface area contributed by atoms with E-state index in [4.69, 9.17) is 10.9 Å². The molecule has 0 aliphatic heterocycles. The van der Waals surface area contributed by atoms with Crippen LogP contribution >= 0.6 is 0 Å². The minimum atomic E-state index is 0.228. The van der Waals surface area contributed by atoms with E-state index in [9.17, 15) is 0 Å². The molecule has 1 rings (SSSR count).